The topological polar surface area (TPSA) is 12.0 Å². The lowest BCUT2D eigenvalue weighted by Gasteiger charge is -2.29. The molecule has 1 N–H and O–H groups in total. The second-order valence-electron chi connectivity index (χ2n) is 4.90. The smallest absolute Gasteiger partial charge is 0.127 e. The van der Waals surface area contributed by atoms with Gasteiger partial charge in [0, 0.05) is 6.04 Å². The average Bonchev–Trinajstić information content (AvgIpc) is 2.20. The van der Waals surface area contributed by atoms with Gasteiger partial charge in [-0.05, 0) is 49.6 Å². The van der Waals surface area contributed by atoms with E-state index in [0.717, 1.165) is 12.5 Å². The maximum atomic E-state index is 13.6. The van der Waals surface area contributed by atoms with Crippen LogP contribution >= 0.6 is 0 Å². The second-order valence-corrected chi connectivity index (χ2v) is 4.90. The Morgan fingerprint density at radius 3 is 2.50 bits per heavy atom. The van der Waals surface area contributed by atoms with Gasteiger partial charge in [0.2, 0.25) is 0 Å². The molecule has 3 heteroatoms. The average molecular weight is 227 g/mol. The van der Waals surface area contributed by atoms with Gasteiger partial charge in [-0.1, -0.05) is 13.8 Å². The summed E-state index contributed by atoms with van der Waals surface area (Å²) >= 11 is 0. The summed E-state index contributed by atoms with van der Waals surface area (Å²) in [4.78, 5) is 0. The van der Waals surface area contributed by atoms with Gasteiger partial charge in [0.25, 0.3) is 0 Å². The van der Waals surface area contributed by atoms with E-state index < -0.39 is 0 Å². The normalized spacial score (nSPS) is 13.9. The molecular weight excluding hydrogens is 208 g/mol. The number of nitrogens with one attached hydrogen (secondary N) is 1. The molecule has 0 saturated carbocycles. The van der Waals surface area contributed by atoms with Gasteiger partial charge in [0.05, 0.1) is 0 Å². The van der Waals surface area contributed by atoms with E-state index in [1.807, 2.05) is 27.8 Å². The van der Waals surface area contributed by atoms with Gasteiger partial charge >= 0.3 is 0 Å². The number of rotatable bonds is 4. The summed E-state index contributed by atoms with van der Waals surface area (Å²) in [5.74, 6) is -0.726. The molecule has 0 spiro atoms. The Balaban J connectivity index is 3.01. The summed E-state index contributed by atoms with van der Waals surface area (Å²) in [6, 6.07) is 3.89. The van der Waals surface area contributed by atoms with Gasteiger partial charge in [-0.25, -0.2) is 8.78 Å². The largest absolute Gasteiger partial charge is 0.317 e. The molecule has 0 saturated heterocycles. The van der Waals surface area contributed by atoms with Crippen LogP contribution in [-0.4, -0.2) is 13.1 Å². The Kier molecular flexibility index (Phi) is 4.03. The van der Waals surface area contributed by atoms with Gasteiger partial charge in [0.15, 0.2) is 0 Å². The molecule has 0 aliphatic rings. The van der Waals surface area contributed by atoms with E-state index in [-0.39, 0.29) is 23.1 Å². The molecule has 0 amide bonds. The van der Waals surface area contributed by atoms with E-state index in [2.05, 4.69) is 5.32 Å². The van der Waals surface area contributed by atoms with E-state index >= 15 is 0 Å². The van der Waals surface area contributed by atoms with Crippen molar-refractivity contribution in [2.45, 2.75) is 38.6 Å². The highest BCUT2D eigenvalue weighted by Gasteiger charge is 2.26. The van der Waals surface area contributed by atoms with Crippen molar-refractivity contribution in [1.29, 1.82) is 0 Å². The lowest BCUT2D eigenvalue weighted by Crippen LogP contribution is -2.31. The molecule has 90 valence electrons. The highest BCUT2D eigenvalue weighted by atomic mass is 19.1. The van der Waals surface area contributed by atoms with Crippen LogP contribution < -0.4 is 5.32 Å². The number of hydrogen-bond donors (Lipinski definition) is 1. The van der Waals surface area contributed by atoms with Crippen molar-refractivity contribution in [2.24, 2.45) is 0 Å². The maximum absolute atomic E-state index is 13.6. The summed E-state index contributed by atoms with van der Waals surface area (Å²) in [6.45, 7) is 5.89. The Bertz CT molecular complexity index is 361. The fourth-order valence-electron chi connectivity index (χ4n) is 1.99. The highest BCUT2D eigenvalue weighted by molar-refractivity contribution is 5.26. The van der Waals surface area contributed by atoms with Crippen molar-refractivity contribution >= 4 is 0 Å². The van der Waals surface area contributed by atoms with E-state index in [1.54, 1.807) is 0 Å². The summed E-state index contributed by atoms with van der Waals surface area (Å²) in [6.07, 6.45) is 0.754. The Labute approximate surface area is 95.9 Å². The van der Waals surface area contributed by atoms with Crippen molar-refractivity contribution in [2.75, 3.05) is 7.05 Å². The zero-order valence-electron chi connectivity index (χ0n) is 10.3. The van der Waals surface area contributed by atoms with Crippen molar-refractivity contribution in [1.82, 2.24) is 5.32 Å². The molecule has 0 fully saturated rings. The third-order valence-electron chi connectivity index (χ3n) is 2.97. The fourth-order valence-corrected chi connectivity index (χ4v) is 1.99. The third-order valence-corrected chi connectivity index (χ3v) is 2.97. The molecule has 1 atom stereocenters. The van der Waals surface area contributed by atoms with Crippen LogP contribution in [0.4, 0.5) is 8.78 Å². The first-order valence-electron chi connectivity index (χ1n) is 5.49. The monoisotopic (exact) mass is 227 g/mol. The van der Waals surface area contributed by atoms with Gasteiger partial charge in [0.1, 0.15) is 11.6 Å². The van der Waals surface area contributed by atoms with Crippen LogP contribution in [-0.2, 0) is 5.41 Å². The van der Waals surface area contributed by atoms with Crippen LogP contribution in [0, 0.1) is 11.6 Å². The van der Waals surface area contributed by atoms with Crippen molar-refractivity contribution in [3.8, 4) is 0 Å². The van der Waals surface area contributed by atoms with Crippen molar-refractivity contribution < 1.29 is 8.78 Å². The molecular formula is C13H19F2N. The minimum atomic E-state index is -0.387. The molecule has 1 aromatic rings. The van der Waals surface area contributed by atoms with Crippen LogP contribution in [0.25, 0.3) is 0 Å². The number of hydrogen-bond acceptors (Lipinski definition) is 1. The third kappa shape index (κ3) is 3.01. The number of benzene rings is 1. The molecule has 0 radical (unpaired) electrons. The zero-order valence-corrected chi connectivity index (χ0v) is 10.3. The van der Waals surface area contributed by atoms with Gasteiger partial charge in [-0.3, -0.25) is 0 Å². The summed E-state index contributed by atoms with van der Waals surface area (Å²) < 4.78 is 26.7. The van der Waals surface area contributed by atoms with Crippen LogP contribution in [0.2, 0.25) is 0 Å². The fraction of sp³-hybridized carbons (Fsp3) is 0.538. The van der Waals surface area contributed by atoms with E-state index in [1.165, 1.54) is 12.1 Å². The molecule has 1 nitrogen and oxygen atoms in total. The molecule has 0 bridgehead atoms. The minimum Gasteiger partial charge on any atom is -0.317 e. The number of halogens is 2. The lowest BCUT2D eigenvalue weighted by atomic mass is 9.79. The SMILES string of the molecule is CNC(C)CC(C)(C)c1cc(F)ccc1F. The molecule has 1 unspecified atom stereocenters. The Morgan fingerprint density at radius 2 is 1.94 bits per heavy atom. The molecule has 1 rings (SSSR count). The first-order valence-corrected chi connectivity index (χ1v) is 5.49. The van der Waals surface area contributed by atoms with E-state index in [4.69, 9.17) is 0 Å². The second kappa shape index (κ2) is 4.91. The molecule has 16 heavy (non-hydrogen) atoms. The van der Waals surface area contributed by atoms with Gasteiger partial charge in [-0.15, -0.1) is 0 Å². The Hall–Kier alpha value is -0.960. The van der Waals surface area contributed by atoms with E-state index in [9.17, 15) is 8.78 Å². The first-order chi connectivity index (χ1) is 7.36. The zero-order chi connectivity index (χ0) is 12.3. The standard InChI is InChI=1S/C13H19F2N/c1-9(16-4)8-13(2,3)11-7-10(14)5-6-12(11)15/h5-7,9,16H,8H2,1-4H3. The summed E-state index contributed by atoms with van der Waals surface area (Å²) in [5.41, 5.74) is 0.0591. The van der Waals surface area contributed by atoms with Crippen LogP contribution in [0.15, 0.2) is 18.2 Å². The molecule has 0 heterocycles. The van der Waals surface area contributed by atoms with Crippen LogP contribution in [0.1, 0.15) is 32.8 Å². The van der Waals surface area contributed by atoms with Crippen LogP contribution in [0.3, 0.4) is 0 Å². The van der Waals surface area contributed by atoms with E-state index in [0.29, 0.717) is 5.56 Å². The summed E-state index contributed by atoms with van der Waals surface area (Å²) in [5, 5.41) is 3.11. The lowest BCUT2D eigenvalue weighted by molar-refractivity contribution is 0.388. The molecule has 0 aliphatic heterocycles. The quantitative estimate of drug-likeness (QED) is 0.832. The maximum Gasteiger partial charge on any atom is 0.127 e. The molecule has 1 aromatic carbocycles. The van der Waals surface area contributed by atoms with Gasteiger partial charge in [-0.2, -0.15) is 0 Å². The Morgan fingerprint density at radius 1 is 1.31 bits per heavy atom. The highest BCUT2D eigenvalue weighted by Crippen LogP contribution is 2.30. The predicted molar refractivity (Wildman–Crippen MR) is 62.5 cm³/mol. The molecule has 0 aliphatic carbocycles. The minimum absolute atomic E-state index is 0.262. The summed E-state index contributed by atoms with van der Waals surface area (Å²) in [7, 11) is 1.86. The van der Waals surface area contributed by atoms with Crippen LogP contribution in [0.5, 0.6) is 0 Å². The van der Waals surface area contributed by atoms with Gasteiger partial charge < -0.3 is 5.32 Å². The van der Waals surface area contributed by atoms with Crippen molar-refractivity contribution in [3.63, 3.8) is 0 Å². The first kappa shape index (κ1) is 13.1. The predicted octanol–water partition coefficient (Wildman–Crippen LogP) is 3.24. The molecule has 0 aromatic heterocycles. The van der Waals surface area contributed by atoms with Crippen molar-refractivity contribution in [3.05, 3.63) is 35.4 Å².